The Bertz CT molecular complexity index is 757. The number of nitrogens with zero attached hydrogens (tertiary/aromatic N) is 7. The van der Waals surface area contributed by atoms with Crippen molar-refractivity contribution in [1.82, 2.24) is 24.6 Å². The molecule has 0 aliphatic carbocycles. The maximum absolute atomic E-state index is 10.1. The van der Waals surface area contributed by atoms with Crippen LogP contribution in [0.3, 0.4) is 0 Å². The summed E-state index contributed by atoms with van der Waals surface area (Å²) in [5.74, 6) is 2.34. The lowest BCUT2D eigenvalue weighted by Crippen LogP contribution is -2.48. The number of hydrogen-bond acceptors (Lipinski definition) is 8. The van der Waals surface area contributed by atoms with Crippen LogP contribution in [0.2, 0.25) is 0 Å². The Kier molecular flexibility index (Phi) is 4.41. The molecule has 2 atom stereocenters. The molecule has 0 saturated carbocycles. The van der Waals surface area contributed by atoms with Crippen LogP contribution in [0.25, 0.3) is 0 Å². The monoisotopic (exact) mass is 358 g/mol. The second kappa shape index (κ2) is 6.73. The summed E-state index contributed by atoms with van der Waals surface area (Å²) in [6.45, 7) is 3.20. The Labute approximate surface area is 153 Å². The molecular weight excluding hydrogens is 332 g/mol. The molecule has 2 aromatic rings. The number of likely N-dealkylation sites (N-methyl/N-ethyl adjacent to an activating group) is 1. The molecule has 0 bridgehead atoms. The number of aromatic nitrogens is 4. The summed E-state index contributed by atoms with van der Waals surface area (Å²) in [5, 5.41) is 14.4. The van der Waals surface area contributed by atoms with Gasteiger partial charge in [-0.2, -0.15) is 5.10 Å². The van der Waals surface area contributed by atoms with E-state index in [0.717, 1.165) is 37.7 Å². The molecule has 0 aromatic carbocycles. The molecule has 2 aliphatic rings. The second-order valence-corrected chi connectivity index (χ2v) is 7.47. The van der Waals surface area contributed by atoms with Crippen LogP contribution in [-0.2, 0) is 0 Å². The molecule has 0 radical (unpaired) electrons. The fourth-order valence-corrected chi connectivity index (χ4v) is 3.80. The average molecular weight is 358 g/mol. The van der Waals surface area contributed by atoms with Crippen LogP contribution in [0.1, 0.15) is 12.5 Å². The minimum atomic E-state index is -0.308. The quantitative estimate of drug-likeness (QED) is 0.759. The van der Waals surface area contributed by atoms with Crippen LogP contribution in [-0.4, -0.2) is 82.2 Å². The normalized spacial score (nSPS) is 23.7. The average Bonchev–Trinajstić information content (AvgIpc) is 3.12. The number of nitrogen functional groups attached to an aromatic ring is 1. The van der Waals surface area contributed by atoms with E-state index in [1.165, 1.54) is 0 Å². The van der Waals surface area contributed by atoms with Gasteiger partial charge in [-0.15, -0.1) is 0 Å². The van der Waals surface area contributed by atoms with Crippen molar-refractivity contribution in [2.24, 2.45) is 0 Å². The van der Waals surface area contributed by atoms with Gasteiger partial charge in [-0.25, -0.2) is 9.97 Å². The van der Waals surface area contributed by atoms with E-state index < -0.39 is 0 Å². The van der Waals surface area contributed by atoms with Crippen molar-refractivity contribution in [2.45, 2.75) is 24.6 Å². The topological polar surface area (TPSA) is 99.6 Å². The molecule has 9 nitrogen and oxygen atoms in total. The zero-order chi connectivity index (χ0) is 18.3. The minimum Gasteiger partial charge on any atom is -0.391 e. The third-order valence-electron chi connectivity index (χ3n) is 5.09. The Morgan fingerprint density at radius 2 is 2.00 bits per heavy atom. The lowest BCUT2D eigenvalue weighted by molar-refractivity contribution is 0.191. The maximum Gasteiger partial charge on any atom is 0.145 e. The molecule has 140 valence electrons. The number of hydrogen-bond donors (Lipinski definition) is 2. The molecule has 4 heterocycles. The predicted octanol–water partition coefficient (Wildman–Crippen LogP) is -0.182. The van der Waals surface area contributed by atoms with Gasteiger partial charge in [-0.05, 0) is 26.6 Å². The highest BCUT2D eigenvalue weighted by atomic mass is 16.3. The largest absolute Gasteiger partial charge is 0.391 e. The van der Waals surface area contributed by atoms with E-state index in [1.807, 2.05) is 23.0 Å². The molecule has 0 amide bonds. The van der Waals surface area contributed by atoms with Gasteiger partial charge in [0.05, 0.1) is 12.1 Å². The fourth-order valence-electron chi connectivity index (χ4n) is 3.80. The first-order valence-corrected chi connectivity index (χ1v) is 8.96. The highest BCUT2D eigenvalue weighted by molar-refractivity contribution is 5.53. The summed E-state index contributed by atoms with van der Waals surface area (Å²) < 4.78 is 1.91. The second-order valence-electron chi connectivity index (χ2n) is 7.47. The summed E-state index contributed by atoms with van der Waals surface area (Å²) >= 11 is 0. The molecular formula is C17H26N8O. The molecule has 2 aliphatic heterocycles. The Hall–Kier alpha value is -2.39. The van der Waals surface area contributed by atoms with Gasteiger partial charge in [-0.1, -0.05) is 0 Å². The number of nitrogens with two attached hydrogens (primary N) is 1. The van der Waals surface area contributed by atoms with E-state index in [1.54, 1.807) is 6.33 Å². The first kappa shape index (κ1) is 17.0. The van der Waals surface area contributed by atoms with Crippen LogP contribution < -0.4 is 15.5 Å². The van der Waals surface area contributed by atoms with Crippen LogP contribution in [0.4, 0.5) is 17.5 Å². The van der Waals surface area contributed by atoms with Crippen LogP contribution in [0.5, 0.6) is 0 Å². The van der Waals surface area contributed by atoms with Crippen molar-refractivity contribution in [3.63, 3.8) is 0 Å². The molecule has 0 spiro atoms. The zero-order valence-corrected chi connectivity index (χ0v) is 15.2. The van der Waals surface area contributed by atoms with Gasteiger partial charge in [0.1, 0.15) is 23.8 Å². The van der Waals surface area contributed by atoms with Gasteiger partial charge in [0.2, 0.25) is 0 Å². The van der Waals surface area contributed by atoms with Crippen LogP contribution in [0, 0.1) is 0 Å². The first-order chi connectivity index (χ1) is 12.5. The van der Waals surface area contributed by atoms with E-state index in [2.05, 4.69) is 43.9 Å². The number of aliphatic hydroxyl groups excluding tert-OH is 1. The van der Waals surface area contributed by atoms with E-state index >= 15 is 0 Å². The summed E-state index contributed by atoms with van der Waals surface area (Å²) in [6, 6.07) is 4.42. The van der Waals surface area contributed by atoms with Gasteiger partial charge in [0, 0.05) is 44.5 Å². The molecule has 9 heteroatoms. The number of anilines is 3. The summed E-state index contributed by atoms with van der Waals surface area (Å²) in [5.41, 5.74) is 5.69. The molecule has 2 fully saturated rings. The smallest absolute Gasteiger partial charge is 0.145 e. The standard InChI is InChI=1S/C17H26N8O/c1-22(2)7-12-5-14(26)10-24(12)17-6-16(19-11-20-17)23-8-13(9-23)25-4-3-15(18)21-25/h3-4,6,11-14,26H,5,7-10H2,1-2H3,(H2,18,21)/t12-,14-/m1/s1. The Morgan fingerprint density at radius 1 is 1.23 bits per heavy atom. The SMILES string of the molecule is CN(C)C[C@H]1C[C@@H](O)CN1c1cc(N2CC(n3ccc(N)n3)C2)ncn1. The van der Waals surface area contributed by atoms with E-state index in [-0.39, 0.29) is 12.1 Å². The van der Waals surface area contributed by atoms with Gasteiger partial charge in [0.15, 0.2) is 0 Å². The van der Waals surface area contributed by atoms with Crippen LogP contribution >= 0.6 is 0 Å². The third-order valence-corrected chi connectivity index (χ3v) is 5.09. The predicted molar refractivity (Wildman–Crippen MR) is 100 cm³/mol. The molecule has 4 rings (SSSR count). The summed E-state index contributed by atoms with van der Waals surface area (Å²) in [7, 11) is 4.10. The van der Waals surface area contributed by atoms with Gasteiger partial charge < -0.3 is 25.5 Å². The summed E-state index contributed by atoms with van der Waals surface area (Å²) in [4.78, 5) is 15.4. The van der Waals surface area contributed by atoms with Crippen molar-refractivity contribution in [3.8, 4) is 0 Å². The minimum absolute atomic E-state index is 0.263. The number of β-amino-alcohol motifs (C(OH)–C–C–N with tert-alkyl or cyclic N) is 1. The van der Waals surface area contributed by atoms with Crippen molar-refractivity contribution in [1.29, 1.82) is 0 Å². The first-order valence-electron chi connectivity index (χ1n) is 8.96. The fraction of sp³-hybridized carbons (Fsp3) is 0.588. The molecule has 2 saturated heterocycles. The van der Waals surface area contributed by atoms with Gasteiger partial charge in [-0.3, -0.25) is 4.68 Å². The molecule has 3 N–H and O–H groups in total. The maximum atomic E-state index is 10.1. The highest BCUT2D eigenvalue weighted by Crippen LogP contribution is 2.30. The number of aliphatic hydroxyl groups is 1. The van der Waals surface area contributed by atoms with Gasteiger partial charge in [0.25, 0.3) is 0 Å². The molecule has 26 heavy (non-hydrogen) atoms. The molecule has 2 aromatic heterocycles. The van der Waals surface area contributed by atoms with E-state index in [9.17, 15) is 5.11 Å². The van der Waals surface area contributed by atoms with Crippen molar-refractivity contribution >= 4 is 17.5 Å². The van der Waals surface area contributed by atoms with E-state index in [4.69, 9.17) is 5.73 Å². The number of rotatable bonds is 5. The van der Waals surface area contributed by atoms with Crippen molar-refractivity contribution in [2.75, 3.05) is 55.8 Å². The zero-order valence-electron chi connectivity index (χ0n) is 15.2. The van der Waals surface area contributed by atoms with Gasteiger partial charge >= 0.3 is 0 Å². The summed E-state index contributed by atoms with van der Waals surface area (Å²) in [6.07, 6.45) is 3.99. The Morgan fingerprint density at radius 3 is 2.69 bits per heavy atom. The lowest BCUT2D eigenvalue weighted by Gasteiger charge is -2.40. The van der Waals surface area contributed by atoms with Crippen molar-refractivity contribution < 1.29 is 5.11 Å². The van der Waals surface area contributed by atoms with Crippen molar-refractivity contribution in [3.05, 3.63) is 24.7 Å². The lowest BCUT2D eigenvalue weighted by atomic mass is 10.1. The Balaban J connectivity index is 1.45. The molecule has 0 unspecified atom stereocenters. The van der Waals surface area contributed by atoms with E-state index in [0.29, 0.717) is 18.4 Å². The highest BCUT2D eigenvalue weighted by Gasteiger charge is 2.34. The van der Waals surface area contributed by atoms with Crippen LogP contribution in [0.15, 0.2) is 24.7 Å². The third kappa shape index (κ3) is 3.32.